The smallest absolute Gasteiger partial charge is 0.317 e. The third-order valence-corrected chi connectivity index (χ3v) is 2.81. The number of carbonyl (C=O) groups excluding carboxylic acids is 1. The molecule has 0 fully saturated rings. The lowest BCUT2D eigenvalue weighted by Crippen LogP contribution is -2.37. The van der Waals surface area contributed by atoms with E-state index in [1.807, 2.05) is 6.92 Å². The van der Waals surface area contributed by atoms with Gasteiger partial charge in [-0.05, 0) is 13.8 Å². The molecule has 1 aromatic rings. The zero-order chi connectivity index (χ0) is 15.3. The zero-order valence-corrected chi connectivity index (χ0v) is 11.8. The number of terminal acetylenes is 1. The SMILES string of the molecule is C#CCN(CC(=O)O)CC(=O)Nc1c(C)nn(C)c1C. The fourth-order valence-corrected chi connectivity index (χ4v) is 1.82. The Morgan fingerprint density at radius 3 is 2.55 bits per heavy atom. The van der Waals surface area contributed by atoms with Crippen LogP contribution in [0.5, 0.6) is 0 Å². The molecule has 7 nitrogen and oxygen atoms in total. The molecule has 0 aliphatic carbocycles. The highest BCUT2D eigenvalue weighted by molar-refractivity contribution is 5.93. The van der Waals surface area contributed by atoms with Crippen molar-refractivity contribution in [2.75, 3.05) is 25.0 Å². The van der Waals surface area contributed by atoms with Crippen LogP contribution in [0.2, 0.25) is 0 Å². The van der Waals surface area contributed by atoms with E-state index in [0.717, 1.165) is 5.69 Å². The van der Waals surface area contributed by atoms with Gasteiger partial charge in [0.05, 0.1) is 36.7 Å². The van der Waals surface area contributed by atoms with Gasteiger partial charge in [-0.2, -0.15) is 5.10 Å². The first-order valence-corrected chi connectivity index (χ1v) is 6.02. The van der Waals surface area contributed by atoms with Crippen LogP contribution in [-0.4, -0.2) is 51.3 Å². The number of carbonyl (C=O) groups is 2. The zero-order valence-electron chi connectivity index (χ0n) is 11.8. The molecule has 1 amide bonds. The van der Waals surface area contributed by atoms with Gasteiger partial charge in [0.25, 0.3) is 0 Å². The molecule has 0 aromatic carbocycles. The van der Waals surface area contributed by atoms with E-state index in [4.69, 9.17) is 11.5 Å². The summed E-state index contributed by atoms with van der Waals surface area (Å²) in [5.41, 5.74) is 2.19. The monoisotopic (exact) mass is 278 g/mol. The molecule has 1 aromatic heterocycles. The van der Waals surface area contributed by atoms with Crippen LogP contribution >= 0.6 is 0 Å². The molecule has 7 heteroatoms. The van der Waals surface area contributed by atoms with Crippen molar-refractivity contribution in [3.8, 4) is 12.3 Å². The minimum absolute atomic E-state index is 0.0791. The summed E-state index contributed by atoms with van der Waals surface area (Å²) in [6.07, 6.45) is 5.16. The molecule has 0 unspecified atom stereocenters. The number of aliphatic carboxylic acids is 1. The van der Waals surface area contributed by atoms with Crippen molar-refractivity contribution in [1.29, 1.82) is 0 Å². The fourth-order valence-electron chi connectivity index (χ4n) is 1.82. The van der Waals surface area contributed by atoms with E-state index in [1.165, 1.54) is 4.90 Å². The molecule has 108 valence electrons. The van der Waals surface area contributed by atoms with Crippen LogP contribution in [0, 0.1) is 26.2 Å². The van der Waals surface area contributed by atoms with Crippen molar-refractivity contribution in [1.82, 2.24) is 14.7 Å². The van der Waals surface area contributed by atoms with E-state index >= 15 is 0 Å². The Labute approximate surface area is 117 Å². The molecule has 1 rings (SSSR count). The number of aryl methyl sites for hydroxylation is 2. The Morgan fingerprint density at radius 1 is 1.45 bits per heavy atom. The standard InChI is InChI=1S/C13H18N4O3/c1-5-6-17(8-12(19)20)7-11(18)14-13-9(2)15-16(4)10(13)3/h1H,6-8H2,2-4H3,(H,14,18)(H,19,20). The van der Waals surface area contributed by atoms with Crippen LogP contribution in [0.25, 0.3) is 0 Å². The second kappa shape index (κ2) is 6.73. The number of aromatic nitrogens is 2. The quantitative estimate of drug-likeness (QED) is 0.715. The van der Waals surface area contributed by atoms with Gasteiger partial charge in [0.2, 0.25) is 5.91 Å². The number of hydrogen-bond acceptors (Lipinski definition) is 4. The van der Waals surface area contributed by atoms with Gasteiger partial charge in [-0.3, -0.25) is 19.2 Å². The average Bonchev–Trinajstić information content (AvgIpc) is 2.55. The van der Waals surface area contributed by atoms with E-state index in [9.17, 15) is 9.59 Å². The average molecular weight is 278 g/mol. The van der Waals surface area contributed by atoms with Crippen molar-refractivity contribution in [3.63, 3.8) is 0 Å². The second-order valence-electron chi connectivity index (χ2n) is 4.46. The van der Waals surface area contributed by atoms with Gasteiger partial charge in [-0.15, -0.1) is 6.42 Å². The summed E-state index contributed by atoms with van der Waals surface area (Å²) in [5.74, 6) is 0.990. The summed E-state index contributed by atoms with van der Waals surface area (Å²) in [6.45, 7) is 3.38. The number of anilines is 1. The number of carboxylic acid groups (broad SMARTS) is 1. The maximum Gasteiger partial charge on any atom is 0.317 e. The fraction of sp³-hybridized carbons (Fsp3) is 0.462. The maximum atomic E-state index is 11.9. The first kappa shape index (κ1) is 15.7. The molecule has 0 saturated heterocycles. The predicted molar refractivity (Wildman–Crippen MR) is 74.2 cm³/mol. The topological polar surface area (TPSA) is 87.5 Å². The third kappa shape index (κ3) is 4.10. The number of nitrogens with zero attached hydrogens (tertiary/aromatic N) is 3. The Morgan fingerprint density at radius 2 is 2.10 bits per heavy atom. The number of nitrogens with one attached hydrogen (secondary N) is 1. The molecule has 20 heavy (non-hydrogen) atoms. The van der Waals surface area contributed by atoms with E-state index < -0.39 is 5.97 Å². The highest BCUT2D eigenvalue weighted by atomic mass is 16.4. The normalized spacial score (nSPS) is 10.3. The van der Waals surface area contributed by atoms with Gasteiger partial charge in [-0.1, -0.05) is 5.92 Å². The van der Waals surface area contributed by atoms with Crippen LogP contribution in [0.4, 0.5) is 5.69 Å². The van der Waals surface area contributed by atoms with Crippen LogP contribution in [0.15, 0.2) is 0 Å². The minimum Gasteiger partial charge on any atom is -0.480 e. The second-order valence-corrected chi connectivity index (χ2v) is 4.46. The number of hydrogen-bond donors (Lipinski definition) is 2. The lowest BCUT2D eigenvalue weighted by molar-refractivity contribution is -0.138. The van der Waals surface area contributed by atoms with Crippen LogP contribution < -0.4 is 5.32 Å². The highest BCUT2D eigenvalue weighted by Gasteiger charge is 2.16. The molecule has 0 saturated carbocycles. The van der Waals surface area contributed by atoms with Gasteiger partial charge in [0.1, 0.15) is 0 Å². The molecule has 0 spiro atoms. The number of amides is 1. The first-order valence-electron chi connectivity index (χ1n) is 6.02. The predicted octanol–water partition coefficient (Wildman–Crippen LogP) is -0.00476. The Hall–Kier alpha value is -2.33. The van der Waals surface area contributed by atoms with Crippen LogP contribution in [0.3, 0.4) is 0 Å². The van der Waals surface area contributed by atoms with Crippen molar-refractivity contribution in [3.05, 3.63) is 11.4 Å². The number of carboxylic acids is 1. The van der Waals surface area contributed by atoms with E-state index in [0.29, 0.717) is 11.4 Å². The molecule has 0 radical (unpaired) electrons. The maximum absolute atomic E-state index is 11.9. The summed E-state index contributed by atoms with van der Waals surface area (Å²) in [4.78, 5) is 24.0. The Bertz CT molecular complexity index is 557. The van der Waals surface area contributed by atoms with Crippen LogP contribution in [-0.2, 0) is 16.6 Å². The van der Waals surface area contributed by atoms with Crippen molar-refractivity contribution in [2.45, 2.75) is 13.8 Å². The van der Waals surface area contributed by atoms with Crippen LogP contribution in [0.1, 0.15) is 11.4 Å². The number of rotatable bonds is 6. The van der Waals surface area contributed by atoms with Gasteiger partial charge in [0, 0.05) is 7.05 Å². The first-order chi connectivity index (χ1) is 9.35. The summed E-state index contributed by atoms with van der Waals surface area (Å²) in [6, 6.07) is 0. The van der Waals surface area contributed by atoms with Crippen molar-refractivity contribution in [2.24, 2.45) is 7.05 Å². The Balaban J connectivity index is 2.70. The molecule has 0 bridgehead atoms. The molecular formula is C13H18N4O3. The third-order valence-electron chi connectivity index (χ3n) is 2.81. The summed E-state index contributed by atoms with van der Waals surface area (Å²) in [7, 11) is 1.78. The summed E-state index contributed by atoms with van der Waals surface area (Å²) in [5, 5.41) is 15.7. The molecule has 1 heterocycles. The summed E-state index contributed by atoms with van der Waals surface area (Å²) >= 11 is 0. The van der Waals surface area contributed by atoms with E-state index in [-0.39, 0.29) is 25.5 Å². The van der Waals surface area contributed by atoms with E-state index in [1.54, 1.807) is 18.7 Å². The van der Waals surface area contributed by atoms with Gasteiger partial charge < -0.3 is 10.4 Å². The highest BCUT2D eigenvalue weighted by Crippen LogP contribution is 2.18. The van der Waals surface area contributed by atoms with Gasteiger partial charge >= 0.3 is 5.97 Å². The van der Waals surface area contributed by atoms with Gasteiger partial charge in [-0.25, -0.2) is 0 Å². The molecule has 0 aliphatic heterocycles. The lowest BCUT2D eigenvalue weighted by Gasteiger charge is -2.16. The van der Waals surface area contributed by atoms with Crippen molar-refractivity contribution < 1.29 is 14.7 Å². The Kier molecular flexibility index (Phi) is 5.29. The largest absolute Gasteiger partial charge is 0.480 e. The molecule has 0 aliphatic rings. The molecule has 2 N–H and O–H groups in total. The molecule has 0 atom stereocenters. The van der Waals surface area contributed by atoms with Gasteiger partial charge in [0.15, 0.2) is 0 Å². The molecular weight excluding hydrogens is 260 g/mol. The lowest BCUT2D eigenvalue weighted by atomic mass is 10.3. The van der Waals surface area contributed by atoms with E-state index in [2.05, 4.69) is 16.3 Å². The van der Waals surface area contributed by atoms with Crippen molar-refractivity contribution >= 4 is 17.6 Å². The summed E-state index contributed by atoms with van der Waals surface area (Å²) < 4.78 is 1.67. The minimum atomic E-state index is -1.03.